The molecule has 3 rings (SSSR count). The zero-order valence-electron chi connectivity index (χ0n) is 11.3. The van der Waals surface area contributed by atoms with E-state index in [1.165, 1.54) is 18.4 Å². The van der Waals surface area contributed by atoms with Crippen molar-refractivity contribution in [1.29, 1.82) is 0 Å². The summed E-state index contributed by atoms with van der Waals surface area (Å²) < 4.78 is 4.71. The average Bonchev–Trinajstić information content (AvgIpc) is 3.12. The SMILES string of the molecule is COC(=O)c1sccc1NC(=O)C1CSc2ccccc21. The van der Waals surface area contributed by atoms with Gasteiger partial charge in [-0.1, -0.05) is 18.2 Å². The van der Waals surface area contributed by atoms with Crippen LogP contribution in [0.25, 0.3) is 0 Å². The summed E-state index contributed by atoms with van der Waals surface area (Å²) in [6.07, 6.45) is 0. The van der Waals surface area contributed by atoms with E-state index >= 15 is 0 Å². The molecule has 1 aliphatic heterocycles. The molecule has 0 aliphatic carbocycles. The number of esters is 1. The van der Waals surface area contributed by atoms with E-state index in [0.29, 0.717) is 10.6 Å². The molecular formula is C15H13NO3S2. The third kappa shape index (κ3) is 2.69. The molecule has 108 valence electrons. The van der Waals surface area contributed by atoms with Crippen LogP contribution in [0.2, 0.25) is 0 Å². The van der Waals surface area contributed by atoms with Crippen LogP contribution in [0, 0.1) is 0 Å². The molecule has 6 heteroatoms. The minimum Gasteiger partial charge on any atom is -0.465 e. The van der Waals surface area contributed by atoms with Crippen molar-refractivity contribution in [1.82, 2.24) is 0 Å². The number of hydrogen-bond donors (Lipinski definition) is 1. The number of amides is 1. The highest BCUT2D eigenvalue weighted by Gasteiger charge is 2.29. The minimum absolute atomic E-state index is 0.0870. The van der Waals surface area contributed by atoms with Gasteiger partial charge < -0.3 is 10.1 Å². The predicted octanol–water partition coefficient (Wildman–Crippen LogP) is 3.36. The first-order chi connectivity index (χ1) is 10.2. The highest BCUT2D eigenvalue weighted by molar-refractivity contribution is 7.99. The summed E-state index contributed by atoms with van der Waals surface area (Å²) in [7, 11) is 1.33. The molecule has 2 aromatic rings. The number of thiophene rings is 1. The number of carbonyl (C=O) groups excluding carboxylic acids is 2. The van der Waals surface area contributed by atoms with Crippen LogP contribution in [0.5, 0.6) is 0 Å². The smallest absolute Gasteiger partial charge is 0.350 e. The first kappa shape index (κ1) is 14.2. The number of nitrogens with one attached hydrogen (secondary N) is 1. The van der Waals surface area contributed by atoms with Gasteiger partial charge in [-0.05, 0) is 23.1 Å². The highest BCUT2D eigenvalue weighted by atomic mass is 32.2. The van der Waals surface area contributed by atoms with Crippen molar-refractivity contribution in [2.75, 3.05) is 18.2 Å². The Morgan fingerprint density at radius 1 is 1.29 bits per heavy atom. The van der Waals surface area contributed by atoms with Crippen LogP contribution in [0.1, 0.15) is 21.2 Å². The van der Waals surface area contributed by atoms with Crippen LogP contribution >= 0.6 is 23.1 Å². The molecule has 21 heavy (non-hydrogen) atoms. The van der Waals surface area contributed by atoms with Gasteiger partial charge in [-0.2, -0.15) is 0 Å². The summed E-state index contributed by atoms with van der Waals surface area (Å²) in [5, 5.41) is 4.61. The normalized spacial score (nSPS) is 16.3. The van der Waals surface area contributed by atoms with Gasteiger partial charge >= 0.3 is 5.97 Å². The molecule has 2 heterocycles. The molecule has 1 aliphatic rings. The Morgan fingerprint density at radius 2 is 2.10 bits per heavy atom. The summed E-state index contributed by atoms with van der Waals surface area (Å²) in [6, 6.07) is 9.64. The number of ether oxygens (including phenoxy) is 1. The Labute approximate surface area is 130 Å². The van der Waals surface area contributed by atoms with Crippen LogP contribution in [-0.4, -0.2) is 24.7 Å². The van der Waals surface area contributed by atoms with Crippen molar-refractivity contribution < 1.29 is 14.3 Å². The lowest BCUT2D eigenvalue weighted by Gasteiger charge is -2.11. The van der Waals surface area contributed by atoms with Crippen LogP contribution < -0.4 is 5.32 Å². The largest absolute Gasteiger partial charge is 0.465 e. The van der Waals surface area contributed by atoms with E-state index in [9.17, 15) is 9.59 Å². The van der Waals surface area contributed by atoms with Crippen LogP contribution in [0.15, 0.2) is 40.6 Å². The summed E-state index contributed by atoms with van der Waals surface area (Å²) in [6.45, 7) is 0. The van der Waals surface area contributed by atoms with E-state index in [1.54, 1.807) is 23.2 Å². The zero-order valence-corrected chi connectivity index (χ0v) is 12.9. The van der Waals surface area contributed by atoms with E-state index in [0.717, 1.165) is 16.2 Å². The van der Waals surface area contributed by atoms with Gasteiger partial charge in [-0.15, -0.1) is 23.1 Å². The third-order valence-electron chi connectivity index (χ3n) is 3.31. The molecule has 0 fully saturated rings. The molecule has 1 atom stereocenters. The fraction of sp³-hybridized carbons (Fsp3) is 0.200. The molecule has 1 unspecified atom stereocenters. The second kappa shape index (κ2) is 5.91. The Hall–Kier alpha value is -1.79. The van der Waals surface area contributed by atoms with E-state index in [4.69, 9.17) is 4.74 Å². The molecule has 0 radical (unpaired) electrons. The second-order valence-corrected chi connectivity index (χ2v) is 6.52. The molecule has 0 saturated carbocycles. The number of hydrogen-bond acceptors (Lipinski definition) is 5. The quantitative estimate of drug-likeness (QED) is 0.881. The molecule has 1 aromatic carbocycles. The van der Waals surface area contributed by atoms with Gasteiger partial charge in [0, 0.05) is 10.6 Å². The number of anilines is 1. The molecule has 1 N–H and O–H groups in total. The lowest BCUT2D eigenvalue weighted by atomic mass is 10.0. The minimum atomic E-state index is -0.429. The van der Waals surface area contributed by atoms with Gasteiger partial charge in [-0.3, -0.25) is 4.79 Å². The predicted molar refractivity (Wildman–Crippen MR) is 84.2 cm³/mol. The maximum absolute atomic E-state index is 12.5. The Kier molecular flexibility index (Phi) is 3.98. The molecule has 1 aromatic heterocycles. The van der Waals surface area contributed by atoms with Gasteiger partial charge in [0.25, 0.3) is 0 Å². The lowest BCUT2D eigenvalue weighted by Crippen LogP contribution is -2.21. The second-order valence-electron chi connectivity index (χ2n) is 4.55. The standard InChI is InChI=1S/C15H13NO3S2/c1-19-15(18)13-11(6-7-20-13)16-14(17)10-8-21-12-5-3-2-4-9(10)12/h2-7,10H,8H2,1H3,(H,16,17). The van der Waals surface area contributed by atoms with Crippen molar-refractivity contribution in [2.24, 2.45) is 0 Å². The molecule has 4 nitrogen and oxygen atoms in total. The lowest BCUT2D eigenvalue weighted by molar-refractivity contribution is -0.117. The van der Waals surface area contributed by atoms with Gasteiger partial charge in [0.2, 0.25) is 5.91 Å². The summed E-state index contributed by atoms with van der Waals surface area (Å²) >= 11 is 2.94. The fourth-order valence-corrected chi connectivity index (χ4v) is 4.25. The Balaban J connectivity index is 1.79. The summed E-state index contributed by atoms with van der Waals surface area (Å²) in [4.78, 5) is 25.7. The molecule has 0 spiro atoms. The number of carbonyl (C=O) groups is 2. The van der Waals surface area contributed by atoms with Gasteiger partial charge in [-0.25, -0.2) is 4.79 Å². The highest BCUT2D eigenvalue weighted by Crippen LogP contribution is 2.40. The summed E-state index contributed by atoms with van der Waals surface area (Å²) in [5.74, 6) is 0.0252. The van der Waals surface area contributed by atoms with Gasteiger partial charge in [0.1, 0.15) is 4.88 Å². The summed E-state index contributed by atoms with van der Waals surface area (Å²) in [5.41, 5.74) is 1.57. The van der Waals surface area contributed by atoms with Crippen molar-refractivity contribution in [2.45, 2.75) is 10.8 Å². The van der Waals surface area contributed by atoms with Crippen molar-refractivity contribution in [3.63, 3.8) is 0 Å². The maximum atomic E-state index is 12.5. The zero-order chi connectivity index (χ0) is 14.8. The molecular weight excluding hydrogens is 306 g/mol. The fourth-order valence-electron chi connectivity index (χ4n) is 2.26. The molecule has 0 saturated heterocycles. The van der Waals surface area contributed by atoms with Crippen LogP contribution in [0.3, 0.4) is 0 Å². The number of thioether (sulfide) groups is 1. The van der Waals surface area contributed by atoms with Gasteiger partial charge in [0.15, 0.2) is 0 Å². The first-order valence-electron chi connectivity index (χ1n) is 6.39. The monoisotopic (exact) mass is 319 g/mol. The third-order valence-corrected chi connectivity index (χ3v) is 5.39. The molecule has 1 amide bonds. The molecule has 0 bridgehead atoms. The average molecular weight is 319 g/mol. The maximum Gasteiger partial charge on any atom is 0.350 e. The Bertz CT molecular complexity index is 696. The van der Waals surface area contributed by atoms with Crippen molar-refractivity contribution in [3.05, 3.63) is 46.2 Å². The van der Waals surface area contributed by atoms with E-state index in [-0.39, 0.29) is 11.8 Å². The van der Waals surface area contributed by atoms with Crippen molar-refractivity contribution >= 4 is 40.7 Å². The number of benzene rings is 1. The topological polar surface area (TPSA) is 55.4 Å². The van der Waals surface area contributed by atoms with E-state index in [2.05, 4.69) is 5.32 Å². The number of rotatable bonds is 3. The van der Waals surface area contributed by atoms with Crippen molar-refractivity contribution in [3.8, 4) is 0 Å². The van der Waals surface area contributed by atoms with Crippen LogP contribution in [-0.2, 0) is 9.53 Å². The van der Waals surface area contributed by atoms with E-state index in [1.807, 2.05) is 24.3 Å². The number of fused-ring (bicyclic) bond motifs is 1. The van der Waals surface area contributed by atoms with E-state index < -0.39 is 5.97 Å². The Morgan fingerprint density at radius 3 is 2.90 bits per heavy atom. The number of methoxy groups -OCH3 is 1. The first-order valence-corrected chi connectivity index (χ1v) is 8.25. The van der Waals surface area contributed by atoms with Gasteiger partial charge in [0.05, 0.1) is 18.7 Å². The van der Waals surface area contributed by atoms with Crippen LogP contribution in [0.4, 0.5) is 5.69 Å².